The molecule has 114 valence electrons. The zero-order valence-electron chi connectivity index (χ0n) is 12.8. The molecule has 0 aliphatic carbocycles. The minimum Gasteiger partial charge on any atom is -0.392 e. The molecule has 20 heavy (non-hydrogen) atoms. The maximum Gasteiger partial charge on any atom is 0.241 e. The second-order valence-electron chi connectivity index (χ2n) is 6.47. The number of benzene rings is 1. The van der Waals surface area contributed by atoms with Crippen LogP contribution in [-0.2, 0) is 16.4 Å². The maximum atomic E-state index is 12.3. The summed E-state index contributed by atoms with van der Waals surface area (Å²) in [5.74, 6) is 0. The van der Waals surface area contributed by atoms with Gasteiger partial charge >= 0.3 is 0 Å². The smallest absolute Gasteiger partial charge is 0.241 e. The summed E-state index contributed by atoms with van der Waals surface area (Å²) in [5, 5.41) is 10.2. The molecule has 0 heterocycles. The van der Waals surface area contributed by atoms with E-state index in [-0.39, 0.29) is 16.4 Å². The Labute approximate surface area is 122 Å². The van der Waals surface area contributed by atoms with Crippen LogP contribution in [0.3, 0.4) is 0 Å². The third-order valence-corrected chi connectivity index (χ3v) is 4.82. The Balaban J connectivity index is 3.12. The highest BCUT2D eigenvalue weighted by Crippen LogP contribution is 2.25. The van der Waals surface area contributed by atoms with Crippen LogP contribution in [0.25, 0.3) is 0 Å². The highest BCUT2D eigenvalue weighted by atomic mass is 32.2. The molecule has 1 rings (SSSR count). The van der Waals surface area contributed by atoms with E-state index in [2.05, 4.69) is 4.72 Å². The molecule has 0 aliphatic heterocycles. The average Bonchev–Trinajstić information content (AvgIpc) is 2.26. The predicted octanol–water partition coefficient (Wildman–Crippen LogP) is 2.32. The second-order valence-corrected chi connectivity index (χ2v) is 8.15. The van der Waals surface area contributed by atoms with Gasteiger partial charge in [0.25, 0.3) is 0 Å². The van der Waals surface area contributed by atoms with Crippen LogP contribution in [0.2, 0.25) is 0 Å². The summed E-state index contributed by atoms with van der Waals surface area (Å²) >= 11 is 0. The number of nitrogens with one attached hydrogen (secondary N) is 1. The first-order valence-corrected chi connectivity index (χ1v) is 8.30. The fourth-order valence-electron chi connectivity index (χ4n) is 1.82. The lowest BCUT2D eigenvalue weighted by molar-refractivity contribution is 0.0631. The Hall–Kier alpha value is -0.910. The number of sulfonamides is 1. The molecular weight excluding hydrogens is 274 g/mol. The largest absolute Gasteiger partial charge is 0.392 e. The number of aliphatic hydroxyl groups excluding tert-OH is 1. The Bertz CT molecular complexity index is 544. The second kappa shape index (κ2) is 6.24. The van der Waals surface area contributed by atoms with Crippen molar-refractivity contribution in [1.29, 1.82) is 0 Å². The van der Waals surface area contributed by atoms with Gasteiger partial charge in [-0.1, -0.05) is 39.0 Å². The van der Waals surface area contributed by atoms with E-state index in [9.17, 15) is 13.5 Å². The molecule has 0 amide bonds. The molecule has 5 heteroatoms. The average molecular weight is 299 g/mol. The number of rotatable bonds is 5. The van der Waals surface area contributed by atoms with Gasteiger partial charge in [-0.2, -0.15) is 0 Å². The number of hydrogen-bond donors (Lipinski definition) is 2. The van der Waals surface area contributed by atoms with Crippen molar-refractivity contribution < 1.29 is 13.5 Å². The van der Waals surface area contributed by atoms with Crippen molar-refractivity contribution in [2.75, 3.05) is 0 Å². The van der Waals surface area contributed by atoms with Crippen LogP contribution < -0.4 is 4.72 Å². The molecule has 0 fully saturated rings. The molecule has 0 spiro atoms. The molecule has 1 aromatic rings. The first-order chi connectivity index (χ1) is 9.04. The maximum absolute atomic E-state index is 12.3. The quantitative estimate of drug-likeness (QED) is 0.877. The first kappa shape index (κ1) is 17.1. The summed E-state index contributed by atoms with van der Waals surface area (Å²) in [6, 6.07) is 6.65. The fraction of sp³-hybridized carbons (Fsp3) is 0.600. The van der Waals surface area contributed by atoms with Gasteiger partial charge in [-0.25, -0.2) is 13.1 Å². The van der Waals surface area contributed by atoms with Gasteiger partial charge in [-0.3, -0.25) is 0 Å². The third kappa shape index (κ3) is 4.58. The summed E-state index contributed by atoms with van der Waals surface area (Å²) in [6.45, 7) is 9.36. The zero-order chi connectivity index (χ0) is 15.6. The van der Waals surface area contributed by atoms with Crippen LogP contribution in [0.4, 0.5) is 0 Å². The molecule has 1 atom stereocenters. The van der Waals surface area contributed by atoms with E-state index in [1.807, 2.05) is 20.8 Å². The lowest BCUT2D eigenvalue weighted by Crippen LogP contribution is -2.32. The minimum atomic E-state index is -3.54. The van der Waals surface area contributed by atoms with Crippen molar-refractivity contribution in [1.82, 2.24) is 4.72 Å². The van der Waals surface area contributed by atoms with Crippen LogP contribution in [0.5, 0.6) is 0 Å². The Kier molecular flexibility index (Phi) is 5.35. The van der Waals surface area contributed by atoms with E-state index in [0.29, 0.717) is 12.0 Å². The number of aliphatic hydroxyl groups is 1. The van der Waals surface area contributed by atoms with Gasteiger partial charge in [0.2, 0.25) is 10.0 Å². The first-order valence-electron chi connectivity index (χ1n) is 6.82. The van der Waals surface area contributed by atoms with E-state index in [1.54, 1.807) is 38.1 Å². The van der Waals surface area contributed by atoms with Crippen molar-refractivity contribution in [2.24, 2.45) is 5.41 Å². The topological polar surface area (TPSA) is 66.4 Å². The predicted molar refractivity (Wildman–Crippen MR) is 81.1 cm³/mol. The monoisotopic (exact) mass is 299 g/mol. The highest BCUT2D eigenvalue weighted by molar-refractivity contribution is 7.89. The molecule has 1 aromatic carbocycles. The van der Waals surface area contributed by atoms with E-state index in [0.717, 1.165) is 0 Å². The third-order valence-electron chi connectivity index (χ3n) is 3.07. The van der Waals surface area contributed by atoms with E-state index in [1.165, 1.54) is 0 Å². The van der Waals surface area contributed by atoms with E-state index in [4.69, 9.17) is 0 Å². The lowest BCUT2D eigenvalue weighted by atomic mass is 9.85. The Morgan fingerprint density at radius 1 is 1.20 bits per heavy atom. The van der Waals surface area contributed by atoms with Crippen molar-refractivity contribution in [3.63, 3.8) is 0 Å². The standard InChI is InChI=1S/C15H25NO3S/c1-11(2)16-20(18,19)13-9-7-6-8-12(13)10-14(17)15(3,4)5/h6-9,11,14,16-17H,10H2,1-5H3. The molecule has 2 N–H and O–H groups in total. The lowest BCUT2D eigenvalue weighted by Gasteiger charge is -2.26. The van der Waals surface area contributed by atoms with Crippen LogP contribution in [0, 0.1) is 5.41 Å². The van der Waals surface area contributed by atoms with Crippen LogP contribution in [-0.4, -0.2) is 25.7 Å². The van der Waals surface area contributed by atoms with Gasteiger partial charge in [0.1, 0.15) is 0 Å². The normalized spacial score (nSPS) is 14.6. The molecule has 0 saturated heterocycles. The summed E-state index contributed by atoms with van der Waals surface area (Å²) < 4.78 is 27.2. The SMILES string of the molecule is CC(C)NS(=O)(=O)c1ccccc1CC(O)C(C)(C)C. The molecule has 0 aliphatic rings. The van der Waals surface area contributed by atoms with E-state index >= 15 is 0 Å². The molecule has 0 radical (unpaired) electrons. The molecule has 0 bridgehead atoms. The van der Waals surface area contributed by atoms with Gasteiger partial charge in [0, 0.05) is 12.5 Å². The molecular formula is C15H25NO3S. The van der Waals surface area contributed by atoms with Gasteiger partial charge in [-0.05, 0) is 30.9 Å². The fourth-order valence-corrected chi connectivity index (χ4v) is 3.32. The van der Waals surface area contributed by atoms with Crippen molar-refractivity contribution in [3.8, 4) is 0 Å². The number of hydrogen-bond acceptors (Lipinski definition) is 3. The molecule has 1 unspecified atom stereocenters. The van der Waals surface area contributed by atoms with Gasteiger partial charge in [0.15, 0.2) is 0 Å². The van der Waals surface area contributed by atoms with Crippen molar-refractivity contribution in [2.45, 2.75) is 58.1 Å². The summed E-state index contributed by atoms with van der Waals surface area (Å²) in [6.07, 6.45) is -0.281. The van der Waals surface area contributed by atoms with Crippen molar-refractivity contribution >= 4 is 10.0 Å². The van der Waals surface area contributed by atoms with Gasteiger partial charge < -0.3 is 5.11 Å². The van der Waals surface area contributed by atoms with Crippen LogP contribution in [0.1, 0.15) is 40.2 Å². The Morgan fingerprint density at radius 2 is 1.75 bits per heavy atom. The van der Waals surface area contributed by atoms with Crippen molar-refractivity contribution in [3.05, 3.63) is 29.8 Å². The molecule has 0 saturated carbocycles. The summed E-state index contributed by atoms with van der Waals surface area (Å²) in [4.78, 5) is 0.247. The van der Waals surface area contributed by atoms with Crippen LogP contribution >= 0.6 is 0 Å². The van der Waals surface area contributed by atoms with E-state index < -0.39 is 16.1 Å². The molecule has 4 nitrogen and oxygen atoms in total. The van der Waals surface area contributed by atoms with Gasteiger partial charge in [0.05, 0.1) is 11.0 Å². The zero-order valence-corrected chi connectivity index (χ0v) is 13.7. The molecule has 0 aromatic heterocycles. The van der Waals surface area contributed by atoms with Gasteiger partial charge in [-0.15, -0.1) is 0 Å². The minimum absolute atomic E-state index is 0.166. The summed E-state index contributed by atoms with van der Waals surface area (Å²) in [5.41, 5.74) is 0.352. The summed E-state index contributed by atoms with van der Waals surface area (Å²) in [7, 11) is -3.54. The highest BCUT2D eigenvalue weighted by Gasteiger charge is 2.26. The Morgan fingerprint density at radius 3 is 2.25 bits per heavy atom. The van der Waals surface area contributed by atoms with Crippen LogP contribution in [0.15, 0.2) is 29.2 Å².